The Hall–Kier alpha value is -5.57. The molecule has 1 saturated heterocycles. The molecule has 0 N–H and O–H groups in total. The monoisotopic (exact) mass is 609 g/mol. The van der Waals surface area contributed by atoms with Gasteiger partial charge in [-0.3, -0.25) is 9.78 Å². The third-order valence-electron chi connectivity index (χ3n) is 7.83. The van der Waals surface area contributed by atoms with Gasteiger partial charge < -0.3 is 14.5 Å². The smallest absolute Gasteiger partial charge is 0.318 e. The zero-order valence-corrected chi connectivity index (χ0v) is 24.6. The summed E-state index contributed by atoms with van der Waals surface area (Å²) >= 11 is 0. The van der Waals surface area contributed by atoms with Crippen molar-refractivity contribution in [2.75, 3.05) is 32.1 Å². The number of rotatable bonds is 6. The Morgan fingerprint density at radius 3 is 2.73 bits per heavy atom. The summed E-state index contributed by atoms with van der Waals surface area (Å²) in [6.07, 6.45) is 10.1. The maximum absolute atomic E-state index is 16.3. The quantitative estimate of drug-likeness (QED) is 0.190. The van der Waals surface area contributed by atoms with E-state index in [1.54, 1.807) is 43.1 Å². The molecular weight excluding hydrogens is 583 g/mol. The molecule has 1 amide bonds. The van der Waals surface area contributed by atoms with Crippen LogP contribution in [0.25, 0.3) is 39.0 Å². The van der Waals surface area contributed by atoms with Crippen molar-refractivity contribution in [3.05, 3.63) is 83.3 Å². The number of aryl methyl sites for hydroxylation is 1. The van der Waals surface area contributed by atoms with E-state index in [1.807, 2.05) is 0 Å². The summed E-state index contributed by atoms with van der Waals surface area (Å²) in [6.45, 7) is 2.16. The van der Waals surface area contributed by atoms with Gasteiger partial charge in [-0.1, -0.05) is 30.2 Å². The molecule has 6 rings (SSSR count). The minimum atomic E-state index is -0.939. The van der Waals surface area contributed by atoms with Gasteiger partial charge in [0.05, 0.1) is 23.8 Å². The SMILES string of the molecule is C#Cc1c(F)ccc2cccc(-c3ncc4c(N(C)C5CCN(C(=O)/C(F)=C/c6ccnc(C)n6)C5)nc(OC)nc4c3F)c12. The van der Waals surface area contributed by atoms with E-state index in [9.17, 15) is 13.6 Å². The van der Waals surface area contributed by atoms with Crippen molar-refractivity contribution in [3.63, 3.8) is 0 Å². The summed E-state index contributed by atoms with van der Waals surface area (Å²) in [7, 11) is 3.11. The molecule has 1 atom stereocenters. The Morgan fingerprint density at radius 2 is 1.98 bits per heavy atom. The van der Waals surface area contributed by atoms with Crippen molar-refractivity contribution in [2.45, 2.75) is 19.4 Å². The van der Waals surface area contributed by atoms with E-state index in [0.717, 1.165) is 6.08 Å². The first-order valence-electron chi connectivity index (χ1n) is 14.0. The average molecular weight is 610 g/mol. The predicted molar refractivity (Wildman–Crippen MR) is 164 cm³/mol. The van der Waals surface area contributed by atoms with E-state index in [1.165, 1.54) is 36.5 Å². The first-order chi connectivity index (χ1) is 21.7. The van der Waals surface area contributed by atoms with E-state index in [2.05, 4.69) is 30.8 Å². The van der Waals surface area contributed by atoms with E-state index < -0.39 is 23.4 Å². The van der Waals surface area contributed by atoms with Gasteiger partial charge in [0.2, 0.25) is 0 Å². The summed E-state index contributed by atoms with van der Waals surface area (Å²) in [5, 5.41) is 1.27. The number of fused-ring (bicyclic) bond motifs is 2. The molecule has 1 fully saturated rings. The molecular formula is C33H26F3N7O2. The molecule has 45 heavy (non-hydrogen) atoms. The number of carbonyl (C=O) groups excluding carboxylic acids is 1. The van der Waals surface area contributed by atoms with Crippen LogP contribution in [-0.4, -0.2) is 69.0 Å². The number of likely N-dealkylation sites (tertiary alicyclic amines) is 1. The third kappa shape index (κ3) is 5.37. The highest BCUT2D eigenvalue weighted by molar-refractivity contribution is 6.02. The lowest BCUT2D eigenvalue weighted by Crippen LogP contribution is -2.37. The first kappa shape index (κ1) is 29.5. The van der Waals surface area contributed by atoms with Gasteiger partial charge in [-0.15, -0.1) is 6.42 Å². The van der Waals surface area contributed by atoms with Gasteiger partial charge in [-0.25, -0.2) is 23.1 Å². The van der Waals surface area contributed by atoms with Gasteiger partial charge in [-0.05, 0) is 30.9 Å². The van der Waals surface area contributed by atoms with Gasteiger partial charge in [0.25, 0.3) is 5.91 Å². The van der Waals surface area contributed by atoms with Crippen LogP contribution in [0.4, 0.5) is 19.0 Å². The molecule has 1 unspecified atom stereocenters. The van der Waals surface area contributed by atoms with Gasteiger partial charge in [0.1, 0.15) is 28.7 Å². The fourth-order valence-electron chi connectivity index (χ4n) is 5.57. The maximum atomic E-state index is 16.3. The summed E-state index contributed by atoms with van der Waals surface area (Å²) in [4.78, 5) is 37.4. The van der Waals surface area contributed by atoms with Crippen LogP contribution >= 0.6 is 0 Å². The van der Waals surface area contributed by atoms with E-state index in [4.69, 9.17) is 11.2 Å². The molecule has 0 aliphatic carbocycles. The molecule has 0 radical (unpaired) electrons. The van der Waals surface area contributed by atoms with Crippen LogP contribution in [0.3, 0.4) is 0 Å². The Labute approximate surface area is 256 Å². The number of terminal acetylenes is 1. The first-order valence-corrected chi connectivity index (χ1v) is 14.0. The Morgan fingerprint density at radius 1 is 1.16 bits per heavy atom. The van der Waals surface area contributed by atoms with E-state index >= 15 is 4.39 Å². The van der Waals surface area contributed by atoms with Crippen molar-refractivity contribution in [2.24, 2.45) is 0 Å². The van der Waals surface area contributed by atoms with Gasteiger partial charge in [-0.2, -0.15) is 9.97 Å². The maximum Gasteiger partial charge on any atom is 0.318 e. The molecule has 1 aliphatic rings. The second-order valence-electron chi connectivity index (χ2n) is 10.5. The number of hydrogen-bond acceptors (Lipinski definition) is 8. The van der Waals surface area contributed by atoms with Crippen LogP contribution in [0, 0.1) is 30.9 Å². The van der Waals surface area contributed by atoms with Crippen molar-refractivity contribution >= 4 is 39.5 Å². The number of nitrogens with zero attached hydrogens (tertiary/aromatic N) is 7. The third-order valence-corrected chi connectivity index (χ3v) is 7.83. The van der Waals surface area contributed by atoms with Crippen molar-refractivity contribution in [1.82, 2.24) is 29.8 Å². The molecule has 2 aromatic carbocycles. The Kier molecular flexibility index (Phi) is 7.76. The largest absolute Gasteiger partial charge is 0.467 e. The molecule has 3 aromatic heterocycles. The summed E-state index contributed by atoms with van der Waals surface area (Å²) < 4.78 is 51.2. The topological polar surface area (TPSA) is 97.2 Å². The molecule has 12 heteroatoms. The van der Waals surface area contributed by atoms with Crippen LogP contribution in [0.5, 0.6) is 6.01 Å². The number of likely N-dealkylation sites (N-methyl/N-ethyl adjacent to an activating group) is 1. The zero-order valence-electron chi connectivity index (χ0n) is 24.6. The van der Waals surface area contributed by atoms with Gasteiger partial charge >= 0.3 is 6.01 Å². The number of methoxy groups -OCH3 is 1. The number of benzene rings is 2. The highest BCUT2D eigenvalue weighted by Crippen LogP contribution is 2.37. The number of pyridine rings is 1. The molecule has 9 nitrogen and oxygen atoms in total. The van der Waals surface area contributed by atoms with Crippen LogP contribution in [0.1, 0.15) is 23.5 Å². The predicted octanol–water partition coefficient (Wildman–Crippen LogP) is 5.26. The lowest BCUT2D eigenvalue weighted by molar-refractivity contribution is -0.127. The number of ether oxygens (including phenoxy) is 1. The zero-order chi connectivity index (χ0) is 31.8. The molecule has 1 aliphatic heterocycles. The number of anilines is 1. The molecule has 226 valence electrons. The lowest BCUT2D eigenvalue weighted by Gasteiger charge is -2.27. The fraction of sp³-hybridized carbons (Fsp3) is 0.212. The highest BCUT2D eigenvalue weighted by atomic mass is 19.1. The number of aromatic nitrogens is 5. The van der Waals surface area contributed by atoms with Crippen LogP contribution in [-0.2, 0) is 4.79 Å². The van der Waals surface area contributed by atoms with Crippen LogP contribution < -0.4 is 9.64 Å². The van der Waals surface area contributed by atoms with Crippen molar-refractivity contribution < 1.29 is 22.7 Å². The van der Waals surface area contributed by atoms with Gasteiger partial charge in [0, 0.05) is 55.6 Å². The fourth-order valence-corrected chi connectivity index (χ4v) is 5.57. The lowest BCUT2D eigenvalue weighted by atomic mass is 9.96. The normalized spacial score (nSPS) is 15.0. The van der Waals surface area contributed by atoms with Crippen LogP contribution in [0.15, 0.2) is 54.6 Å². The van der Waals surface area contributed by atoms with E-state index in [-0.39, 0.29) is 40.8 Å². The van der Waals surface area contributed by atoms with Gasteiger partial charge in [0.15, 0.2) is 11.6 Å². The minimum absolute atomic E-state index is 0.00357. The molecule has 4 heterocycles. The van der Waals surface area contributed by atoms with E-state index in [0.29, 0.717) is 46.6 Å². The number of hydrogen-bond donors (Lipinski definition) is 0. The number of carbonyl (C=O) groups is 1. The van der Waals surface area contributed by atoms with Crippen molar-refractivity contribution in [3.8, 4) is 29.6 Å². The molecule has 0 saturated carbocycles. The summed E-state index contributed by atoms with van der Waals surface area (Å²) in [6, 6.07) is 9.06. The minimum Gasteiger partial charge on any atom is -0.467 e. The number of amides is 1. The Bertz CT molecular complexity index is 2060. The van der Waals surface area contributed by atoms with Crippen molar-refractivity contribution in [1.29, 1.82) is 0 Å². The second kappa shape index (κ2) is 11.8. The molecule has 5 aromatic rings. The van der Waals surface area contributed by atoms with Crippen LogP contribution in [0.2, 0.25) is 0 Å². The average Bonchev–Trinajstić information content (AvgIpc) is 3.54. The summed E-state index contributed by atoms with van der Waals surface area (Å²) in [5.41, 5.74) is 0.472. The Balaban J connectivity index is 1.35. The molecule has 0 bridgehead atoms. The second-order valence-corrected chi connectivity index (χ2v) is 10.5. The number of halogens is 3. The summed E-state index contributed by atoms with van der Waals surface area (Å²) in [5.74, 6) is 0.0785. The standard InChI is InChI=1S/C33H26F3N7O2/c1-5-22-25(34)10-9-19-7-6-8-23(27(19)22)29-28(36)30-24(16-38-29)31(41-33(40-30)45-4)42(3)21-12-14-43(17-21)32(44)26(35)15-20-11-13-37-18(2)39-20/h1,6-11,13,15-16,21H,12,14,17H2,2-4H3/b26-15-. The highest BCUT2D eigenvalue weighted by Gasteiger charge is 2.33. The molecule has 0 spiro atoms.